The van der Waals surface area contributed by atoms with Crippen LogP contribution in [-0.4, -0.2) is 34.8 Å². The first-order valence-corrected chi connectivity index (χ1v) is 8.17. The zero-order valence-corrected chi connectivity index (χ0v) is 14.1. The van der Waals surface area contributed by atoms with Crippen molar-refractivity contribution in [2.45, 2.75) is 26.3 Å². The lowest BCUT2D eigenvalue weighted by atomic mass is 10.0. The molecule has 1 saturated heterocycles. The zero-order valence-electron chi connectivity index (χ0n) is 14.1. The Hall–Kier alpha value is -2.67. The van der Waals surface area contributed by atoms with Crippen molar-refractivity contribution >= 4 is 23.0 Å². The molecule has 1 atom stereocenters. The van der Waals surface area contributed by atoms with Gasteiger partial charge in [-0.05, 0) is 25.1 Å². The molecular formula is C17H25N7. The summed E-state index contributed by atoms with van der Waals surface area (Å²) in [6, 6.07) is 7.40. The Balaban J connectivity index is 0.00000100. The summed E-state index contributed by atoms with van der Waals surface area (Å²) < 4.78 is 0. The predicted octanol–water partition coefficient (Wildman–Crippen LogP) is 1.86. The highest BCUT2D eigenvalue weighted by molar-refractivity contribution is 6.16. The molecule has 0 saturated carbocycles. The van der Waals surface area contributed by atoms with Crippen molar-refractivity contribution in [2.24, 2.45) is 0 Å². The first kappa shape index (κ1) is 17.7. The lowest BCUT2D eigenvalue weighted by molar-refractivity contribution is 0.786. The fourth-order valence-electron chi connectivity index (χ4n) is 2.52. The Morgan fingerprint density at radius 2 is 1.92 bits per heavy atom. The highest BCUT2D eigenvalue weighted by atomic mass is 15.1. The van der Waals surface area contributed by atoms with Crippen LogP contribution in [0.4, 0.5) is 17.3 Å². The Kier molecular flexibility index (Phi) is 6.08. The highest BCUT2D eigenvalue weighted by Gasteiger charge is 2.20. The normalized spacial score (nSPS) is 16.2. The quantitative estimate of drug-likeness (QED) is 0.431. The second kappa shape index (κ2) is 8.26. The maximum atomic E-state index is 8.44. The van der Waals surface area contributed by atoms with E-state index >= 15 is 0 Å². The molecule has 7 nitrogen and oxygen atoms in total. The number of anilines is 3. The van der Waals surface area contributed by atoms with Crippen LogP contribution in [0.1, 0.15) is 31.4 Å². The van der Waals surface area contributed by atoms with Crippen molar-refractivity contribution < 1.29 is 0 Å². The molecule has 1 aliphatic rings. The summed E-state index contributed by atoms with van der Waals surface area (Å²) in [6.07, 6.45) is 2.43. The van der Waals surface area contributed by atoms with E-state index in [2.05, 4.69) is 20.6 Å². The first-order chi connectivity index (χ1) is 11.6. The average molecular weight is 327 g/mol. The summed E-state index contributed by atoms with van der Waals surface area (Å²) in [7, 11) is 0. The second-order valence-corrected chi connectivity index (χ2v) is 5.31. The summed E-state index contributed by atoms with van der Waals surface area (Å²) in [4.78, 5) is 8.30. The minimum absolute atomic E-state index is 0.284. The third kappa shape index (κ3) is 3.99. The molecule has 1 aromatic heterocycles. The predicted molar refractivity (Wildman–Crippen MR) is 99.5 cm³/mol. The first-order valence-electron chi connectivity index (χ1n) is 8.17. The fourth-order valence-corrected chi connectivity index (χ4v) is 2.52. The van der Waals surface area contributed by atoms with Gasteiger partial charge >= 0.3 is 0 Å². The van der Waals surface area contributed by atoms with Crippen molar-refractivity contribution in [2.75, 3.05) is 29.9 Å². The van der Waals surface area contributed by atoms with E-state index in [1.807, 2.05) is 13.8 Å². The lowest BCUT2D eigenvalue weighted by Gasteiger charge is -2.17. The van der Waals surface area contributed by atoms with E-state index in [-0.39, 0.29) is 11.8 Å². The van der Waals surface area contributed by atoms with Gasteiger partial charge in [-0.3, -0.25) is 5.41 Å². The van der Waals surface area contributed by atoms with E-state index in [0.29, 0.717) is 22.9 Å². The van der Waals surface area contributed by atoms with E-state index in [4.69, 9.17) is 16.9 Å². The van der Waals surface area contributed by atoms with Crippen LogP contribution in [0.15, 0.2) is 30.6 Å². The van der Waals surface area contributed by atoms with Gasteiger partial charge in [-0.1, -0.05) is 26.0 Å². The van der Waals surface area contributed by atoms with E-state index < -0.39 is 0 Å². The van der Waals surface area contributed by atoms with Crippen LogP contribution in [0, 0.1) is 5.41 Å². The van der Waals surface area contributed by atoms with Crippen LogP contribution in [0.2, 0.25) is 0 Å². The van der Waals surface area contributed by atoms with E-state index in [1.54, 1.807) is 24.3 Å². The molecule has 0 bridgehead atoms. The summed E-state index contributed by atoms with van der Waals surface area (Å²) in [6.45, 7) is 5.85. The number of nitrogen functional groups attached to an aromatic ring is 2. The monoisotopic (exact) mass is 327 g/mol. The molecule has 1 unspecified atom stereocenters. The van der Waals surface area contributed by atoms with Gasteiger partial charge in [-0.15, -0.1) is 0 Å². The minimum atomic E-state index is 0.284. The highest BCUT2D eigenvalue weighted by Crippen LogP contribution is 2.23. The standard InChI is InChI=1S/C15H19N7.C2H6/c16-10-3-1-9(2-4-10)13(17)12-14(18)20-8-21-15(12)22-11-5-6-19-7-11;1-2/h1-4,8,11,17,19H,5-7,16H2,(H3,18,20,21,22);1-2H3. The van der Waals surface area contributed by atoms with Crippen molar-refractivity contribution in [1.82, 2.24) is 15.3 Å². The van der Waals surface area contributed by atoms with Crippen molar-refractivity contribution in [3.05, 3.63) is 41.7 Å². The van der Waals surface area contributed by atoms with Gasteiger partial charge in [0, 0.05) is 23.8 Å². The topological polar surface area (TPSA) is 126 Å². The Morgan fingerprint density at radius 3 is 2.54 bits per heavy atom. The molecule has 2 aromatic rings. The Bertz CT molecular complexity index is 676. The molecule has 3 rings (SSSR count). The summed E-state index contributed by atoms with van der Waals surface area (Å²) in [5, 5.41) is 15.1. The largest absolute Gasteiger partial charge is 0.399 e. The number of nitrogens with zero attached hydrogens (tertiary/aromatic N) is 2. The molecule has 2 heterocycles. The molecule has 7 N–H and O–H groups in total. The molecule has 0 spiro atoms. The molecule has 1 fully saturated rings. The number of benzene rings is 1. The molecule has 0 radical (unpaired) electrons. The molecule has 24 heavy (non-hydrogen) atoms. The van der Waals surface area contributed by atoms with E-state index in [1.165, 1.54) is 6.33 Å². The third-order valence-electron chi connectivity index (χ3n) is 3.73. The number of nitrogens with one attached hydrogen (secondary N) is 3. The van der Waals surface area contributed by atoms with Crippen molar-refractivity contribution in [3.8, 4) is 0 Å². The van der Waals surface area contributed by atoms with Crippen LogP contribution in [-0.2, 0) is 0 Å². The zero-order chi connectivity index (χ0) is 17.5. The van der Waals surface area contributed by atoms with Gasteiger partial charge in [0.25, 0.3) is 0 Å². The van der Waals surface area contributed by atoms with Gasteiger partial charge in [0.1, 0.15) is 18.0 Å². The van der Waals surface area contributed by atoms with Gasteiger partial charge in [0.2, 0.25) is 0 Å². The van der Waals surface area contributed by atoms with Gasteiger partial charge in [0.05, 0.1) is 11.3 Å². The molecule has 1 aromatic carbocycles. The Labute approximate surface area is 142 Å². The van der Waals surface area contributed by atoms with Gasteiger partial charge < -0.3 is 22.1 Å². The summed E-state index contributed by atoms with van der Waals surface area (Å²) in [5.41, 5.74) is 13.9. The lowest BCUT2D eigenvalue weighted by Crippen LogP contribution is -2.25. The number of aromatic nitrogens is 2. The maximum absolute atomic E-state index is 8.44. The van der Waals surface area contributed by atoms with Crippen LogP contribution in [0.3, 0.4) is 0 Å². The molecule has 0 amide bonds. The maximum Gasteiger partial charge on any atom is 0.141 e. The van der Waals surface area contributed by atoms with Crippen LogP contribution in [0.25, 0.3) is 0 Å². The summed E-state index contributed by atoms with van der Waals surface area (Å²) in [5.74, 6) is 0.897. The number of rotatable bonds is 4. The van der Waals surface area contributed by atoms with Gasteiger partial charge in [-0.25, -0.2) is 9.97 Å². The van der Waals surface area contributed by atoms with Gasteiger partial charge in [0.15, 0.2) is 0 Å². The number of nitrogens with two attached hydrogens (primary N) is 2. The Morgan fingerprint density at radius 1 is 1.21 bits per heavy atom. The van der Waals surface area contributed by atoms with Crippen LogP contribution >= 0.6 is 0 Å². The van der Waals surface area contributed by atoms with E-state index in [9.17, 15) is 0 Å². The van der Waals surface area contributed by atoms with E-state index in [0.717, 1.165) is 25.1 Å². The second-order valence-electron chi connectivity index (χ2n) is 5.31. The molecule has 0 aliphatic carbocycles. The minimum Gasteiger partial charge on any atom is -0.399 e. The van der Waals surface area contributed by atoms with Crippen LogP contribution in [0.5, 0.6) is 0 Å². The molecule has 1 aliphatic heterocycles. The fraction of sp³-hybridized carbons (Fsp3) is 0.353. The van der Waals surface area contributed by atoms with Crippen LogP contribution < -0.4 is 22.1 Å². The summed E-state index contributed by atoms with van der Waals surface area (Å²) >= 11 is 0. The average Bonchev–Trinajstić information content (AvgIpc) is 3.10. The van der Waals surface area contributed by atoms with Gasteiger partial charge in [-0.2, -0.15) is 0 Å². The SMILES string of the molecule is CC.N=C(c1ccc(N)cc1)c1c(N)ncnc1NC1CCNC1. The molecule has 128 valence electrons. The molecular weight excluding hydrogens is 302 g/mol. The van der Waals surface area contributed by atoms with Crippen molar-refractivity contribution in [3.63, 3.8) is 0 Å². The molecule has 7 heteroatoms. The van der Waals surface area contributed by atoms with Crippen molar-refractivity contribution in [1.29, 1.82) is 5.41 Å². The number of hydrogen-bond donors (Lipinski definition) is 5. The smallest absolute Gasteiger partial charge is 0.141 e. The third-order valence-corrected chi connectivity index (χ3v) is 3.73. The number of hydrogen-bond acceptors (Lipinski definition) is 7.